The Balaban J connectivity index is 2.46. The van der Waals surface area contributed by atoms with E-state index >= 15 is 0 Å². The van der Waals surface area contributed by atoms with Gasteiger partial charge in [0, 0.05) is 30.7 Å². The molecule has 21 heavy (non-hydrogen) atoms. The molecule has 0 amide bonds. The van der Waals surface area contributed by atoms with Gasteiger partial charge >= 0.3 is 0 Å². The van der Waals surface area contributed by atoms with Gasteiger partial charge in [0.2, 0.25) is 10.0 Å². The van der Waals surface area contributed by atoms with Crippen LogP contribution in [0.5, 0.6) is 0 Å². The van der Waals surface area contributed by atoms with Crippen molar-refractivity contribution in [1.29, 1.82) is 0 Å². The van der Waals surface area contributed by atoms with E-state index in [0.29, 0.717) is 0 Å². The lowest BCUT2D eigenvalue weighted by atomic mass is 10.2. The molecular formula is C12H16ClN3O4S. The van der Waals surface area contributed by atoms with Crippen molar-refractivity contribution in [1.82, 2.24) is 4.31 Å². The van der Waals surface area contributed by atoms with E-state index in [1.54, 1.807) is 0 Å². The first-order valence-corrected chi connectivity index (χ1v) is 8.23. The van der Waals surface area contributed by atoms with E-state index in [4.69, 9.17) is 17.3 Å². The SMILES string of the molecule is CN(C(CN)C1CC1)S(=O)(=O)c1ccc(Cl)cc1[N+](=O)[O-]. The zero-order valence-electron chi connectivity index (χ0n) is 11.4. The number of nitro groups is 1. The number of benzene rings is 1. The molecule has 1 atom stereocenters. The number of hydrogen-bond donors (Lipinski definition) is 1. The van der Waals surface area contributed by atoms with Gasteiger partial charge in [0.25, 0.3) is 5.69 Å². The Morgan fingerprint density at radius 1 is 1.52 bits per heavy atom. The van der Waals surface area contributed by atoms with Gasteiger partial charge < -0.3 is 5.73 Å². The summed E-state index contributed by atoms with van der Waals surface area (Å²) in [7, 11) is -2.59. The van der Waals surface area contributed by atoms with Crippen molar-refractivity contribution in [3.05, 3.63) is 33.3 Å². The highest BCUT2D eigenvalue weighted by Crippen LogP contribution is 2.37. The van der Waals surface area contributed by atoms with E-state index < -0.39 is 20.6 Å². The molecule has 2 rings (SSSR count). The van der Waals surface area contributed by atoms with E-state index in [1.165, 1.54) is 13.1 Å². The summed E-state index contributed by atoms with van der Waals surface area (Å²) in [5, 5.41) is 11.2. The second-order valence-corrected chi connectivity index (χ2v) is 7.43. The Hall–Kier alpha value is -1.22. The molecule has 7 nitrogen and oxygen atoms in total. The van der Waals surface area contributed by atoms with Crippen LogP contribution in [0.1, 0.15) is 12.8 Å². The van der Waals surface area contributed by atoms with Crippen LogP contribution in [0.25, 0.3) is 0 Å². The largest absolute Gasteiger partial charge is 0.329 e. The summed E-state index contributed by atoms with van der Waals surface area (Å²) in [4.78, 5) is 9.96. The van der Waals surface area contributed by atoms with Crippen LogP contribution >= 0.6 is 11.6 Å². The number of hydrogen-bond acceptors (Lipinski definition) is 5. The molecule has 1 aromatic carbocycles. The molecule has 0 aromatic heterocycles. The van der Waals surface area contributed by atoms with Crippen LogP contribution < -0.4 is 5.73 Å². The Morgan fingerprint density at radius 2 is 2.14 bits per heavy atom. The van der Waals surface area contributed by atoms with Crippen molar-refractivity contribution in [2.24, 2.45) is 11.7 Å². The summed E-state index contributed by atoms with van der Waals surface area (Å²) in [6.45, 7) is 0.182. The van der Waals surface area contributed by atoms with Gasteiger partial charge in [-0.3, -0.25) is 10.1 Å². The minimum Gasteiger partial charge on any atom is -0.329 e. The molecular weight excluding hydrogens is 318 g/mol. The third kappa shape index (κ3) is 3.18. The zero-order valence-corrected chi connectivity index (χ0v) is 13.0. The maximum absolute atomic E-state index is 12.6. The fourth-order valence-electron chi connectivity index (χ4n) is 2.30. The number of rotatable bonds is 6. The Labute approximate surface area is 127 Å². The lowest BCUT2D eigenvalue weighted by Crippen LogP contribution is -2.43. The number of likely N-dealkylation sites (N-methyl/N-ethyl adjacent to an activating group) is 1. The average Bonchev–Trinajstić information content (AvgIpc) is 3.23. The highest BCUT2D eigenvalue weighted by Gasteiger charge is 2.40. The van der Waals surface area contributed by atoms with Gasteiger partial charge in [-0.25, -0.2) is 8.42 Å². The number of sulfonamides is 1. The van der Waals surface area contributed by atoms with Crippen molar-refractivity contribution in [3.8, 4) is 0 Å². The van der Waals surface area contributed by atoms with Gasteiger partial charge in [-0.2, -0.15) is 4.31 Å². The molecule has 0 spiro atoms. The van der Waals surface area contributed by atoms with Gasteiger partial charge in [-0.15, -0.1) is 0 Å². The van der Waals surface area contributed by atoms with Crippen molar-refractivity contribution >= 4 is 27.3 Å². The minimum atomic E-state index is -3.99. The van der Waals surface area contributed by atoms with Crippen LogP contribution in [-0.4, -0.2) is 37.3 Å². The first-order chi connectivity index (χ1) is 9.78. The molecule has 1 fully saturated rings. The molecule has 2 N–H and O–H groups in total. The summed E-state index contributed by atoms with van der Waals surface area (Å²) in [5.41, 5.74) is 5.12. The monoisotopic (exact) mass is 333 g/mol. The van der Waals surface area contributed by atoms with Gasteiger partial charge in [-0.1, -0.05) is 11.6 Å². The first kappa shape index (κ1) is 16.2. The van der Waals surface area contributed by atoms with Crippen molar-refractivity contribution < 1.29 is 13.3 Å². The molecule has 0 aliphatic heterocycles. The highest BCUT2D eigenvalue weighted by molar-refractivity contribution is 7.89. The molecule has 1 saturated carbocycles. The molecule has 0 bridgehead atoms. The summed E-state index contributed by atoms with van der Waals surface area (Å²) in [5.74, 6) is 0.223. The molecule has 1 aliphatic carbocycles. The lowest BCUT2D eigenvalue weighted by molar-refractivity contribution is -0.387. The van der Waals surface area contributed by atoms with E-state index in [9.17, 15) is 18.5 Å². The fourth-order valence-corrected chi connectivity index (χ4v) is 4.03. The van der Waals surface area contributed by atoms with Crippen LogP contribution in [0, 0.1) is 16.0 Å². The summed E-state index contributed by atoms with van der Waals surface area (Å²) in [6.07, 6.45) is 1.84. The summed E-state index contributed by atoms with van der Waals surface area (Å²) >= 11 is 5.71. The third-order valence-electron chi connectivity index (χ3n) is 3.65. The normalized spacial score (nSPS) is 17.0. The number of halogens is 1. The van der Waals surface area contributed by atoms with Crippen LogP contribution in [-0.2, 0) is 10.0 Å². The summed E-state index contributed by atoms with van der Waals surface area (Å²) in [6, 6.07) is 3.18. The summed E-state index contributed by atoms with van der Waals surface area (Å²) < 4.78 is 26.4. The topological polar surface area (TPSA) is 107 Å². The molecule has 1 unspecified atom stereocenters. The van der Waals surface area contributed by atoms with E-state index in [-0.39, 0.29) is 28.4 Å². The Bertz CT molecular complexity index is 660. The maximum atomic E-state index is 12.6. The zero-order chi connectivity index (χ0) is 15.8. The maximum Gasteiger partial charge on any atom is 0.290 e. The molecule has 1 aromatic rings. The quantitative estimate of drug-likeness (QED) is 0.628. The molecule has 116 valence electrons. The average molecular weight is 334 g/mol. The Kier molecular flexibility index (Phi) is 4.52. The van der Waals surface area contributed by atoms with Crippen LogP contribution in [0.15, 0.2) is 23.1 Å². The van der Waals surface area contributed by atoms with Gasteiger partial charge in [0.15, 0.2) is 4.90 Å². The predicted octanol–water partition coefficient (Wildman–Crippen LogP) is 1.61. The van der Waals surface area contributed by atoms with Gasteiger partial charge in [0.05, 0.1) is 4.92 Å². The fraction of sp³-hybridized carbons (Fsp3) is 0.500. The third-order valence-corrected chi connectivity index (χ3v) is 5.81. The highest BCUT2D eigenvalue weighted by atomic mass is 35.5. The lowest BCUT2D eigenvalue weighted by Gasteiger charge is -2.26. The van der Waals surface area contributed by atoms with Gasteiger partial charge in [-0.05, 0) is 30.9 Å². The number of nitrogens with zero attached hydrogens (tertiary/aromatic N) is 2. The Morgan fingerprint density at radius 3 is 2.62 bits per heavy atom. The van der Waals surface area contributed by atoms with Crippen LogP contribution in [0.3, 0.4) is 0 Å². The first-order valence-electron chi connectivity index (χ1n) is 6.41. The number of nitro benzene ring substituents is 1. The van der Waals surface area contributed by atoms with Crippen LogP contribution in [0.2, 0.25) is 5.02 Å². The predicted molar refractivity (Wildman–Crippen MR) is 78.6 cm³/mol. The van der Waals surface area contributed by atoms with Crippen molar-refractivity contribution in [2.45, 2.75) is 23.8 Å². The molecule has 0 radical (unpaired) electrons. The standard InChI is InChI=1S/C12H16ClN3O4S/c1-15(11(7-14)8-2-3-8)21(19,20)12-5-4-9(13)6-10(12)16(17)18/h4-6,8,11H,2-3,7,14H2,1H3. The van der Waals surface area contributed by atoms with Gasteiger partial charge in [0.1, 0.15) is 0 Å². The smallest absolute Gasteiger partial charge is 0.290 e. The number of nitrogens with two attached hydrogens (primary N) is 1. The van der Waals surface area contributed by atoms with E-state index in [2.05, 4.69) is 0 Å². The molecule has 9 heteroatoms. The second kappa shape index (κ2) is 5.88. The van der Waals surface area contributed by atoms with Crippen LogP contribution in [0.4, 0.5) is 5.69 Å². The molecule has 0 heterocycles. The van der Waals surface area contributed by atoms with Crippen molar-refractivity contribution in [2.75, 3.05) is 13.6 Å². The molecule has 1 aliphatic rings. The second-order valence-electron chi connectivity index (χ2n) is 5.03. The van der Waals surface area contributed by atoms with Crippen molar-refractivity contribution in [3.63, 3.8) is 0 Å². The van der Waals surface area contributed by atoms with E-state index in [1.807, 2.05) is 0 Å². The minimum absolute atomic E-state index is 0.112. The van der Waals surface area contributed by atoms with E-state index in [0.717, 1.165) is 29.3 Å². The molecule has 0 saturated heterocycles.